The molecule has 3 nitrogen and oxygen atoms in total. The van der Waals surface area contributed by atoms with Gasteiger partial charge in [0.05, 0.1) is 5.69 Å². The Morgan fingerprint density at radius 3 is 2.69 bits per heavy atom. The van der Waals surface area contributed by atoms with Gasteiger partial charge in [-0.05, 0) is 22.0 Å². The van der Waals surface area contributed by atoms with Gasteiger partial charge in [-0.3, -0.25) is 4.79 Å². The van der Waals surface area contributed by atoms with Gasteiger partial charge in [0.15, 0.2) is 6.29 Å². The Kier molecular flexibility index (Phi) is 2.92. The summed E-state index contributed by atoms with van der Waals surface area (Å²) in [6.07, 6.45) is -2.25. The summed E-state index contributed by atoms with van der Waals surface area (Å²) in [6.45, 7) is 0. The Bertz CT molecular complexity index is 344. The van der Waals surface area contributed by atoms with Crippen molar-refractivity contribution in [3.63, 3.8) is 0 Å². The van der Waals surface area contributed by atoms with Gasteiger partial charge in [-0.15, -0.1) is 0 Å². The molecule has 0 radical (unpaired) electrons. The average Bonchev–Trinajstić information content (AvgIpc) is 2.07. The van der Waals surface area contributed by atoms with E-state index in [1.165, 1.54) is 0 Å². The molecule has 0 atom stereocenters. The first-order chi connectivity index (χ1) is 6.06. The van der Waals surface area contributed by atoms with Gasteiger partial charge in [0, 0.05) is 5.56 Å². The van der Waals surface area contributed by atoms with Crippen LogP contribution in [-0.4, -0.2) is 11.3 Å². The lowest BCUT2D eigenvalue weighted by Crippen LogP contribution is -2.01. The molecule has 0 saturated heterocycles. The average molecular weight is 251 g/mol. The topological polar surface area (TPSA) is 56.0 Å². The highest BCUT2D eigenvalue weighted by Crippen LogP contribution is 2.26. The fourth-order valence-electron chi connectivity index (χ4n) is 0.793. The zero-order valence-electron chi connectivity index (χ0n) is 6.30. The molecule has 0 amide bonds. The number of carbonyl (C=O) groups excluding carboxylic acids is 1. The summed E-state index contributed by atoms with van der Waals surface area (Å²) in [5.74, 6) is 0. The molecular weight excluding hydrogens is 246 g/mol. The van der Waals surface area contributed by atoms with E-state index in [0.29, 0.717) is 6.29 Å². The van der Waals surface area contributed by atoms with Crippen LogP contribution in [0.25, 0.3) is 0 Å². The van der Waals surface area contributed by atoms with Crippen LogP contribution in [0.1, 0.15) is 22.5 Å². The van der Waals surface area contributed by atoms with Crippen LogP contribution in [0.5, 0.6) is 0 Å². The van der Waals surface area contributed by atoms with Crippen molar-refractivity contribution in [2.45, 2.75) is 6.43 Å². The minimum atomic E-state index is -2.74. The second-order valence-corrected chi connectivity index (χ2v) is 3.01. The summed E-state index contributed by atoms with van der Waals surface area (Å²) in [6, 6.07) is 1.16. The van der Waals surface area contributed by atoms with Crippen molar-refractivity contribution < 1.29 is 13.6 Å². The van der Waals surface area contributed by atoms with Crippen LogP contribution >= 0.6 is 15.9 Å². The van der Waals surface area contributed by atoms with E-state index in [4.69, 9.17) is 5.73 Å². The van der Waals surface area contributed by atoms with E-state index >= 15 is 0 Å². The lowest BCUT2D eigenvalue weighted by Gasteiger charge is -2.05. The van der Waals surface area contributed by atoms with Crippen molar-refractivity contribution in [1.29, 1.82) is 0 Å². The summed E-state index contributed by atoms with van der Waals surface area (Å²) in [5.41, 5.74) is 4.70. The van der Waals surface area contributed by atoms with Crippen LogP contribution in [0.15, 0.2) is 10.7 Å². The molecular formula is C7H5BrF2N2O. The molecule has 0 spiro atoms. The lowest BCUT2D eigenvalue weighted by atomic mass is 10.2. The fourth-order valence-corrected chi connectivity index (χ4v) is 1.19. The largest absolute Gasteiger partial charge is 0.397 e. The molecule has 0 aromatic carbocycles. The van der Waals surface area contributed by atoms with E-state index in [9.17, 15) is 13.6 Å². The van der Waals surface area contributed by atoms with E-state index in [1.807, 2.05) is 0 Å². The highest BCUT2D eigenvalue weighted by Gasteiger charge is 2.15. The third-order valence-electron chi connectivity index (χ3n) is 1.40. The van der Waals surface area contributed by atoms with Crippen molar-refractivity contribution in [1.82, 2.24) is 4.98 Å². The zero-order valence-corrected chi connectivity index (χ0v) is 7.88. The molecule has 0 unspecified atom stereocenters. The normalized spacial score (nSPS) is 10.5. The molecule has 6 heteroatoms. The van der Waals surface area contributed by atoms with Crippen LogP contribution in [0.2, 0.25) is 0 Å². The van der Waals surface area contributed by atoms with Crippen LogP contribution in [0.3, 0.4) is 0 Å². The summed E-state index contributed by atoms with van der Waals surface area (Å²) in [5, 5.41) is 0. The van der Waals surface area contributed by atoms with Crippen molar-refractivity contribution in [3.8, 4) is 0 Å². The first kappa shape index (κ1) is 10.0. The minimum absolute atomic E-state index is 0.0759. The SMILES string of the molecule is Nc1cc(C=O)c(Br)nc1C(F)F. The molecule has 1 aromatic heterocycles. The predicted octanol–water partition coefficient (Wildman–Crippen LogP) is 2.18. The summed E-state index contributed by atoms with van der Waals surface area (Å²) < 4.78 is 24.5. The monoisotopic (exact) mass is 250 g/mol. The second-order valence-electron chi connectivity index (χ2n) is 2.26. The molecule has 13 heavy (non-hydrogen) atoms. The minimum Gasteiger partial charge on any atom is -0.397 e. The second kappa shape index (κ2) is 3.78. The van der Waals surface area contributed by atoms with Crippen molar-refractivity contribution in [2.75, 3.05) is 5.73 Å². The van der Waals surface area contributed by atoms with Crippen LogP contribution in [0, 0.1) is 0 Å². The quantitative estimate of drug-likeness (QED) is 0.647. The van der Waals surface area contributed by atoms with Gasteiger partial charge >= 0.3 is 0 Å². The van der Waals surface area contributed by atoms with E-state index in [0.717, 1.165) is 6.07 Å². The molecule has 2 N–H and O–H groups in total. The number of nitrogen functional groups attached to an aromatic ring is 1. The maximum atomic E-state index is 12.2. The van der Waals surface area contributed by atoms with Gasteiger partial charge in [-0.1, -0.05) is 0 Å². The fraction of sp³-hybridized carbons (Fsp3) is 0.143. The summed E-state index contributed by atoms with van der Waals surface area (Å²) in [7, 11) is 0. The van der Waals surface area contributed by atoms with Crippen molar-refractivity contribution >= 4 is 27.9 Å². The maximum Gasteiger partial charge on any atom is 0.282 e. The smallest absolute Gasteiger partial charge is 0.282 e. The van der Waals surface area contributed by atoms with Crippen LogP contribution in [-0.2, 0) is 0 Å². The molecule has 1 heterocycles. The van der Waals surface area contributed by atoms with Gasteiger partial charge in [0.2, 0.25) is 0 Å². The van der Waals surface area contributed by atoms with Crippen LogP contribution < -0.4 is 5.73 Å². The molecule has 0 saturated carbocycles. The summed E-state index contributed by atoms with van der Waals surface area (Å²) in [4.78, 5) is 13.8. The Hall–Kier alpha value is -1.04. The number of hydrogen-bond donors (Lipinski definition) is 1. The van der Waals surface area contributed by atoms with Gasteiger partial charge in [0.25, 0.3) is 6.43 Å². The van der Waals surface area contributed by atoms with E-state index in [-0.39, 0.29) is 15.9 Å². The maximum absolute atomic E-state index is 12.2. The third kappa shape index (κ3) is 2.00. The third-order valence-corrected chi connectivity index (χ3v) is 2.03. The molecule has 0 fully saturated rings. The van der Waals surface area contributed by atoms with Crippen LogP contribution in [0.4, 0.5) is 14.5 Å². The molecule has 0 bridgehead atoms. The molecule has 1 aromatic rings. The number of nitrogens with two attached hydrogens (primary N) is 1. The number of aldehydes is 1. The van der Waals surface area contributed by atoms with E-state index in [2.05, 4.69) is 20.9 Å². The highest BCUT2D eigenvalue weighted by atomic mass is 79.9. The first-order valence-electron chi connectivity index (χ1n) is 3.25. The molecule has 0 aliphatic heterocycles. The molecule has 0 aliphatic carbocycles. The van der Waals surface area contributed by atoms with Gasteiger partial charge in [-0.2, -0.15) is 0 Å². The molecule has 1 rings (SSSR count). The number of hydrogen-bond acceptors (Lipinski definition) is 3. The number of pyridine rings is 1. The van der Waals surface area contributed by atoms with Crippen molar-refractivity contribution in [3.05, 3.63) is 21.9 Å². The Balaban J connectivity index is 3.28. The van der Waals surface area contributed by atoms with Gasteiger partial charge in [0.1, 0.15) is 10.3 Å². The standard InChI is InChI=1S/C7H5BrF2N2O/c8-6-3(2-13)1-4(11)5(12-6)7(9)10/h1-2,7H,11H2. The van der Waals surface area contributed by atoms with Gasteiger partial charge < -0.3 is 5.73 Å². The van der Waals surface area contributed by atoms with Gasteiger partial charge in [-0.25, -0.2) is 13.8 Å². The number of anilines is 1. The number of aromatic nitrogens is 1. The number of halogens is 3. The predicted molar refractivity (Wildman–Crippen MR) is 46.7 cm³/mol. The Morgan fingerprint density at radius 1 is 1.62 bits per heavy atom. The number of alkyl halides is 2. The lowest BCUT2D eigenvalue weighted by molar-refractivity contribution is 0.112. The highest BCUT2D eigenvalue weighted by molar-refractivity contribution is 9.10. The Morgan fingerprint density at radius 2 is 2.23 bits per heavy atom. The van der Waals surface area contributed by atoms with E-state index in [1.54, 1.807) is 0 Å². The van der Waals surface area contributed by atoms with E-state index < -0.39 is 12.1 Å². The summed E-state index contributed by atoms with van der Waals surface area (Å²) >= 11 is 2.88. The number of nitrogens with zero attached hydrogens (tertiary/aromatic N) is 1. The van der Waals surface area contributed by atoms with Crippen molar-refractivity contribution in [2.24, 2.45) is 0 Å². The molecule has 70 valence electrons. The zero-order chi connectivity index (χ0) is 10.0. The Labute approximate surface area is 81.1 Å². The molecule has 0 aliphatic rings. The number of rotatable bonds is 2. The first-order valence-corrected chi connectivity index (χ1v) is 4.04. The number of carbonyl (C=O) groups is 1.